The Bertz CT molecular complexity index is 1160. The molecular weight excluding hydrogens is 288 g/mol. The van der Waals surface area contributed by atoms with Gasteiger partial charge in [0.15, 0.2) is 0 Å². The van der Waals surface area contributed by atoms with Crippen LogP contribution in [0.3, 0.4) is 0 Å². The zero-order valence-electron chi connectivity index (χ0n) is 12.1. The van der Waals surface area contributed by atoms with Gasteiger partial charge in [-0.3, -0.25) is 4.68 Å². The number of nitrogens with zero attached hydrogens (tertiary/aromatic N) is 1. The summed E-state index contributed by atoms with van der Waals surface area (Å²) in [4.78, 5) is 0. The van der Waals surface area contributed by atoms with Crippen molar-refractivity contribution in [2.24, 2.45) is 0 Å². The third-order valence-electron chi connectivity index (χ3n) is 4.39. The molecule has 0 saturated carbocycles. The molecule has 0 fully saturated rings. The fraction of sp³-hybridized carbons (Fsp3) is 0.0526. The average molecular weight is 302 g/mol. The van der Waals surface area contributed by atoms with E-state index < -0.39 is 0 Å². The Morgan fingerprint density at radius 2 is 1.50 bits per heavy atom. The van der Waals surface area contributed by atoms with Gasteiger partial charge in [-0.2, -0.15) is 0 Å². The van der Waals surface area contributed by atoms with Crippen molar-refractivity contribution >= 4 is 53.3 Å². The van der Waals surface area contributed by atoms with Gasteiger partial charge in [-0.15, -0.1) is 11.3 Å². The van der Waals surface area contributed by atoms with Crippen molar-refractivity contribution < 1.29 is 0 Å². The summed E-state index contributed by atoms with van der Waals surface area (Å²) in [5, 5.41) is 5.31. The second-order valence-electron chi connectivity index (χ2n) is 5.54. The molecule has 0 aliphatic carbocycles. The lowest BCUT2D eigenvalue weighted by molar-refractivity contribution is 1.02. The molecule has 1 N–H and O–H groups in total. The molecular formula is C19H14N2S. The molecule has 0 unspecified atom stereocenters. The summed E-state index contributed by atoms with van der Waals surface area (Å²) in [6.45, 7) is 0. The fourth-order valence-electron chi connectivity index (χ4n) is 3.43. The number of para-hydroxylation sites is 1. The lowest BCUT2D eigenvalue weighted by Crippen LogP contribution is -2.07. The molecule has 3 heteroatoms. The molecule has 106 valence electrons. The number of rotatable bonds is 1. The topological polar surface area (TPSA) is 17.0 Å². The SMILES string of the molecule is CNn1c2ccccc2c2cc3c(cc21)sc1ccccc13. The molecule has 0 spiro atoms. The molecule has 2 aromatic heterocycles. The molecule has 5 rings (SSSR count). The van der Waals surface area contributed by atoms with Crippen molar-refractivity contribution in [3.63, 3.8) is 0 Å². The highest BCUT2D eigenvalue weighted by Crippen LogP contribution is 2.38. The fourth-order valence-corrected chi connectivity index (χ4v) is 4.55. The van der Waals surface area contributed by atoms with Crippen molar-refractivity contribution in [2.75, 3.05) is 12.5 Å². The zero-order valence-corrected chi connectivity index (χ0v) is 12.9. The van der Waals surface area contributed by atoms with E-state index in [1.165, 1.54) is 42.0 Å². The minimum atomic E-state index is 1.22. The minimum Gasteiger partial charge on any atom is -0.328 e. The highest BCUT2D eigenvalue weighted by atomic mass is 32.1. The average Bonchev–Trinajstić information content (AvgIpc) is 3.07. The van der Waals surface area contributed by atoms with E-state index >= 15 is 0 Å². The molecule has 0 bridgehead atoms. The van der Waals surface area contributed by atoms with Crippen LogP contribution in [0.1, 0.15) is 0 Å². The predicted molar refractivity (Wildman–Crippen MR) is 97.6 cm³/mol. The molecule has 2 heterocycles. The maximum atomic E-state index is 3.31. The summed E-state index contributed by atoms with van der Waals surface area (Å²) in [5.74, 6) is 0. The van der Waals surface area contributed by atoms with Gasteiger partial charge in [0.2, 0.25) is 0 Å². The molecule has 0 radical (unpaired) electrons. The standard InChI is InChI=1S/C19H14N2S/c1-20-21-16-8-4-2-6-12(16)14-10-15-13-7-3-5-9-18(13)22-19(15)11-17(14)21/h2-11,20H,1H3. The number of hydrogen-bond acceptors (Lipinski definition) is 2. The number of aromatic nitrogens is 1. The van der Waals surface area contributed by atoms with E-state index in [4.69, 9.17) is 0 Å². The lowest BCUT2D eigenvalue weighted by atomic mass is 10.1. The Balaban J connectivity index is 2.06. The van der Waals surface area contributed by atoms with Crippen molar-refractivity contribution in [3.05, 3.63) is 60.7 Å². The van der Waals surface area contributed by atoms with Crippen LogP contribution in [0.25, 0.3) is 42.0 Å². The van der Waals surface area contributed by atoms with Gasteiger partial charge in [0, 0.05) is 38.0 Å². The van der Waals surface area contributed by atoms with Crippen LogP contribution in [0.5, 0.6) is 0 Å². The van der Waals surface area contributed by atoms with Gasteiger partial charge in [-0.1, -0.05) is 36.4 Å². The van der Waals surface area contributed by atoms with Gasteiger partial charge in [-0.25, -0.2) is 0 Å². The quantitative estimate of drug-likeness (QED) is 0.442. The first-order chi connectivity index (χ1) is 10.9. The summed E-state index contributed by atoms with van der Waals surface area (Å²) in [6.07, 6.45) is 0. The van der Waals surface area contributed by atoms with Gasteiger partial charge in [0.1, 0.15) is 0 Å². The van der Waals surface area contributed by atoms with Crippen molar-refractivity contribution in [3.8, 4) is 0 Å². The largest absolute Gasteiger partial charge is 0.328 e. The first-order valence-corrected chi connectivity index (χ1v) is 8.20. The van der Waals surface area contributed by atoms with E-state index in [0.717, 1.165) is 0 Å². The first kappa shape index (κ1) is 12.1. The van der Waals surface area contributed by atoms with Crippen molar-refractivity contribution in [1.29, 1.82) is 0 Å². The highest BCUT2D eigenvalue weighted by molar-refractivity contribution is 7.25. The van der Waals surface area contributed by atoms with Gasteiger partial charge in [-0.05, 0) is 24.3 Å². The second kappa shape index (κ2) is 4.24. The van der Waals surface area contributed by atoms with Crippen LogP contribution in [-0.4, -0.2) is 11.7 Å². The summed E-state index contributed by atoms with van der Waals surface area (Å²) >= 11 is 1.86. The molecule has 0 amide bonds. The Morgan fingerprint density at radius 1 is 0.727 bits per heavy atom. The van der Waals surface area contributed by atoms with Crippen LogP contribution >= 0.6 is 11.3 Å². The molecule has 3 aromatic carbocycles. The van der Waals surface area contributed by atoms with Crippen LogP contribution in [0, 0.1) is 0 Å². The smallest absolute Gasteiger partial charge is 0.0720 e. The van der Waals surface area contributed by atoms with Crippen molar-refractivity contribution in [2.45, 2.75) is 0 Å². The van der Waals surface area contributed by atoms with Gasteiger partial charge >= 0.3 is 0 Å². The molecule has 0 aliphatic heterocycles. The van der Waals surface area contributed by atoms with E-state index in [9.17, 15) is 0 Å². The maximum Gasteiger partial charge on any atom is 0.0720 e. The molecule has 0 atom stereocenters. The monoisotopic (exact) mass is 302 g/mol. The van der Waals surface area contributed by atoms with Gasteiger partial charge in [0.05, 0.1) is 11.0 Å². The lowest BCUT2D eigenvalue weighted by Gasteiger charge is -2.05. The van der Waals surface area contributed by atoms with Gasteiger partial charge in [0.25, 0.3) is 0 Å². The summed E-state index contributed by atoms with van der Waals surface area (Å²) in [6, 6.07) is 21.9. The van der Waals surface area contributed by atoms with Crippen LogP contribution in [0.2, 0.25) is 0 Å². The predicted octanol–water partition coefficient (Wildman–Crippen LogP) is 5.34. The van der Waals surface area contributed by atoms with E-state index in [2.05, 4.69) is 70.8 Å². The maximum absolute atomic E-state index is 3.31. The first-order valence-electron chi connectivity index (χ1n) is 7.39. The Labute approximate surface area is 131 Å². The zero-order chi connectivity index (χ0) is 14.7. The third-order valence-corrected chi connectivity index (χ3v) is 5.53. The van der Waals surface area contributed by atoms with Crippen LogP contribution in [0.15, 0.2) is 60.7 Å². The van der Waals surface area contributed by atoms with E-state index in [1.807, 2.05) is 18.4 Å². The third kappa shape index (κ3) is 1.44. The molecule has 0 saturated heterocycles. The number of hydrogen-bond donors (Lipinski definition) is 1. The van der Waals surface area contributed by atoms with Crippen molar-refractivity contribution in [1.82, 2.24) is 4.68 Å². The summed E-state index contributed by atoms with van der Waals surface area (Å²) in [5.41, 5.74) is 5.78. The van der Waals surface area contributed by atoms with Gasteiger partial charge < -0.3 is 5.43 Å². The van der Waals surface area contributed by atoms with E-state index in [1.54, 1.807) is 0 Å². The number of fused-ring (bicyclic) bond motifs is 6. The molecule has 22 heavy (non-hydrogen) atoms. The number of benzene rings is 3. The number of thiophene rings is 1. The normalized spacial score (nSPS) is 11.9. The Morgan fingerprint density at radius 3 is 2.36 bits per heavy atom. The van der Waals surface area contributed by atoms with Crippen LogP contribution in [0.4, 0.5) is 0 Å². The molecule has 5 aromatic rings. The van der Waals surface area contributed by atoms with E-state index in [-0.39, 0.29) is 0 Å². The summed E-state index contributed by atoms with van der Waals surface area (Å²) in [7, 11) is 1.97. The Kier molecular flexibility index (Phi) is 2.33. The minimum absolute atomic E-state index is 1.22. The Hall–Kier alpha value is -2.52. The number of nitrogens with one attached hydrogen (secondary N) is 1. The second-order valence-corrected chi connectivity index (χ2v) is 6.62. The molecule has 2 nitrogen and oxygen atoms in total. The molecule has 0 aliphatic rings. The van der Waals surface area contributed by atoms with Crippen LogP contribution in [-0.2, 0) is 0 Å². The van der Waals surface area contributed by atoms with Crippen LogP contribution < -0.4 is 5.43 Å². The summed E-state index contributed by atoms with van der Waals surface area (Å²) < 4.78 is 4.87. The highest BCUT2D eigenvalue weighted by Gasteiger charge is 2.13. The van der Waals surface area contributed by atoms with E-state index in [0.29, 0.717) is 0 Å².